The van der Waals surface area contributed by atoms with E-state index < -0.39 is 0 Å². The molecule has 0 aromatic heterocycles. The molecule has 4 nitrogen and oxygen atoms in total. The van der Waals surface area contributed by atoms with Crippen molar-refractivity contribution >= 4 is 5.91 Å². The van der Waals surface area contributed by atoms with E-state index in [1.165, 1.54) is 32.4 Å². The Morgan fingerprint density at radius 3 is 2.50 bits per heavy atom. The van der Waals surface area contributed by atoms with Gasteiger partial charge in [0.25, 0.3) is 0 Å². The topological polar surface area (TPSA) is 49.6 Å². The van der Waals surface area contributed by atoms with Gasteiger partial charge in [-0.2, -0.15) is 0 Å². The summed E-state index contributed by atoms with van der Waals surface area (Å²) in [6.07, 6.45) is 7.64. The van der Waals surface area contributed by atoms with Gasteiger partial charge >= 0.3 is 0 Å². The Labute approximate surface area is 109 Å². The lowest BCUT2D eigenvalue weighted by molar-refractivity contribution is -0.132. The highest BCUT2D eigenvalue weighted by molar-refractivity contribution is 5.78. The van der Waals surface area contributed by atoms with Crippen LogP contribution in [-0.4, -0.2) is 53.5 Å². The van der Waals surface area contributed by atoms with Gasteiger partial charge in [0, 0.05) is 31.1 Å². The number of hydrogen-bond donors (Lipinski definition) is 1. The minimum absolute atomic E-state index is 0.164. The second-order valence-electron chi connectivity index (χ2n) is 6.42. The van der Waals surface area contributed by atoms with Crippen LogP contribution in [0.1, 0.15) is 44.9 Å². The zero-order valence-electron chi connectivity index (χ0n) is 11.2. The smallest absolute Gasteiger partial charge is 0.224 e. The van der Waals surface area contributed by atoms with Crippen LogP contribution in [0.2, 0.25) is 0 Å². The van der Waals surface area contributed by atoms with E-state index in [0.717, 1.165) is 32.4 Å². The van der Waals surface area contributed by atoms with Gasteiger partial charge < -0.3 is 10.6 Å². The Morgan fingerprint density at radius 2 is 1.89 bits per heavy atom. The van der Waals surface area contributed by atoms with E-state index in [1.54, 1.807) is 0 Å². The number of hydrogen-bond acceptors (Lipinski definition) is 3. The molecule has 3 fully saturated rings. The standard InChI is InChI=1S/C14H25N3O/c15-14(5-3-6-14)10-13(18)17-9-4-12(11-17)16-7-1-2-8-16/h12H,1-11,15H2. The maximum Gasteiger partial charge on any atom is 0.224 e. The van der Waals surface area contributed by atoms with Crippen LogP contribution in [0.4, 0.5) is 0 Å². The normalized spacial score (nSPS) is 31.6. The molecule has 4 heteroatoms. The lowest BCUT2D eigenvalue weighted by Gasteiger charge is -2.38. The highest BCUT2D eigenvalue weighted by Crippen LogP contribution is 2.33. The minimum atomic E-state index is -0.164. The number of rotatable bonds is 3. The summed E-state index contributed by atoms with van der Waals surface area (Å²) in [5.41, 5.74) is 6.01. The summed E-state index contributed by atoms with van der Waals surface area (Å²) >= 11 is 0. The first kappa shape index (κ1) is 12.4. The average molecular weight is 251 g/mol. The van der Waals surface area contributed by atoms with Crippen LogP contribution in [0.25, 0.3) is 0 Å². The van der Waals surface area contributed by atoms with Crippen LogP contribution < -0.4 is 5.73 Å². The number of carbonyl (C=O) groups excluding carboxylic acids is 1. The number of likely N-dealkylation sites (tertiary alicyclic amines) is 2. The zero-order valence-corrected chi connectivity index (χ0v) is 11.2. The maximum atomic E-state index is 12.2. The van der Waals surface area contributed by atoms with Crippen molar-refractivity contribution in [2.24, 2.45) is 5.73 Å². The first-order chi connectivity index (χ1) is 8.66. The summed E-state index contributed by atoms with van der Waals surface area (Å²) in [7, 11) is 0. The largest absolute Gasteiger partial charge is 0.341 e. The Kier molecular flexibility index (Phi) is 3.32. The van der Waals surface area contributed by atoms with Gasteiger partial charge in [-0.1, -0.05) is 0 Å². The molecule has 0 radical (unpaired) electrons. The summed E-state index contributed by atoms with van der Waals surface area (Å²) in [6, 6.07) is 0.617. The molecule has 2 heterocycles. The highest BCUT2D eigenvalue weighted by atomic mass is 16.2. The molecule has 1 amide bonds. The van der Waals surface area contributed by atoms with Crippen molar-refractivity contribution in [2.75, 3.05) is 26.2 Å². The van der Waals surface area contributed by atoms with Crippen molar-refractivity contribution in [1.29, 1.82) is 0 Å². The van der Waals surface area contributed by atoms with Gasteiger partial charge in [0.15, 0.2) is 0 Å². The van der Waals surface area contributed by atoms with Gasteiger partial charge in [-0.25, -0.2) is 0 Å². The molecule has 1 aliphatic carbocycles. The van der Waals surface area contributed by atoms with E-state index in [9.17, 15) is 4.79 Å². The predicted molar refractivity (Wildman–Crippen MR) is 71.2 cm³/mol. The molecule has 1 saturated carbocycles. The molecular weight excluding hydrogens is 226 g/mol. The number of nitrogens with two attached hydrogens (primary N) is 1. The van der Waals surface area contributed by atoms with Gasteiger partial charge in [0.2, 0.25) is 5.91 Å². The summed E-state index contributed by atoms with van der Waals surface area (Å²) in [5, 5.41) is 0. The Balaban J connectivity index is 1.50. The summed E-state index contributed by atoms with van der Waals surface area (Å²) in [6.45, 7) is 4.34. The van der Waals surface area contributed by atoms with E-state index in [0.29, 0.717) is 18.4 Å². The van der Waals surface area contributed by atoms with E-state index in [-0.39, 0.29) is 5.54 Å². The van der Waals surface area contributed by atoms with E-state index in [2.05, 4.69) is 9.80 Å². The van der Waals surface area contributed by atoms with Crippen molar-refractivity contribution in [1.82, 2.24) is 9.80 Å². The molecule has 0 bridgehead atoms. The van der Waals surface area contributed by atoms with Crippen molar-refractivity contribution in [3.05, 3.63) is 0 Å². The van der Waals surface area contributed by atoms with Gasteiger partial charge in [0.05, 0.1) is 0 Å². The van der Waals surface area contributed by atoms with Crippen molar-refractivity contribution in [3.63, 3.8) is 0 Å². The first-order valence-electron chi connectivity index (χ1n) is 7.47. The van der Waals surface area contributed by atoms with Gasteiger partial charge in [-0.3, -0.25) is 9.69 Å². The first-order valence-corrected chi connectivity index (χ1v) is 7.47. The quantitative estimate of drug-likeness (QED) is 0.812. The Morgan fingerprint density at radius 1 is 1.17 bits per heavy atom. The number of nitrogens with zero attached hydrogens (tertiary/aromatic N) is 2. The fourth-order valence-electron chi connectivity index (χ4n) is 3.59. The third-order valence-electron chi connectivity index (χ3n) is 5.03. The van der Waals surface area contributed by atoms with Crippen LogP contribution in [0.3, 0.4) is 0 Å². The van der Waals surface area contributed by atoms with E-state index >= 15 is 0 Å². The SMILES string of the molecule is NC1(CC(=O)N2CCC(N3CCCC3)C2)CCC1. The van der Waals surface area contributed by atoms with Crippen molar-refractivity contribution < 1.29 is 4.79 Å². The molecule has 1 unspecified atom stereocenters. The molecule has 1 atom stereocenters. The lowest BCUT2D eigenvalue weighted by atomic mass is 9.75. The molecule has 2 saturated heterocycles. The van der Waals surface area contributed by atoms with Crippen LogP contribution >= 0.6 is 0 Å². The third-order valence-corrected chi connectivity index (χ3v) is 5.03. The van der Waals surface area contributed by atoms with Gasteiger partial charge in [-0.05, 0) is 51.6 Å². The Hall–Kier alpha value is -0.610. The number of amides is 1. The van der Waals surface area contributed by atoms with Crippen LogP contribution in [-0.2, 0) is 4.79 Å². The molecule has 3 rings (SSSR count). The van der Waals surface area contributed by atoms with Crippen molar-refractivity contribution in [3.8, 4) is 0 Å². The fraction of sp³-hybridized carbons (Fsp3) is 0.929. The molecule has 2 N–H and O–H groups in total. The highest BCUT2D eigenvalue weighted by Gasteiger charge is 2.38. The van der Waals surface area contributed by atoms with E-state index in [1.807, 2.05) is 0 Å². The number of carbonyl (C=O) groups is 1. The van der Waals surface area contributed by atoms with Gasteiger partial charge in [0.1, 0.15) is 0 Å². The molecule has 2 aliphatic heterocycles. The minimum Gasteiger partial charge on any atom is -0.341 e. The third kappa shape index (κ3) is 2.41. The predicted octanol–water partition coefficient (Wildman–Crippen LogP) is 0.955. The van der Waals surface area contributed by atoms with Crippen LogP contribution in [0.5, 0.6) is 0 Å². The van der Waals surface area contributed by atoms with E-state index in [4.69, 9.17) is 5.73 Å². The molecule has 0 spiro atoms. The average Bonchev–Trinajstić information content (AvgIpc) is 2.97. The zero-order chi connectivity index (χ0) is 12.6. The Bertz CT molecular complexity index is 321. The molecule has 0 aromatic rings. The summed E-state index contributed by atoms with van der Waals surface area (Å²) < 4.78 is 0. The molecule has 0 aromatic carbocycles. The van der Waals surface area contributed by atoms with Crippen LogP contribution in [0, 0.1) is 0 Å². The monoisotopic (exact) mass is 251 g/mol. The van der Waals surface area contributed by atoms with Crippen LogP contribution in [0.15, 0.2) is 0 Å². The second kappa shape index (κ2) is 4.82. The van der Waals surface area contributed by atoms with Crippen molar-refractivity contribution in [2.45, 2.75) is 56.5 Å². The maximum absolute atomic E-state index is 12.2. The second-order valence-corrected chi connectivity index (χ2v) is 6.42. The fourth-order valence-corrected chi connectivity index (χ4v) is 3.59. The summed E-state index contributed by atoms with van der Waals surface area (Å²) in [5.74, 6) is 0.291. The van der Waals surface area contributed by atoms with Gasteiger partial charge in [-0.15, -0.1) is 0 Å². The molecule has 3 aliphatic rings. The summed E-state index contributed by atoms with van der Waals surface area (Å²) in [4.78, 5) is 16.9. The lowest BCUT2D eigenvalue weighted by Crippen LogP contribution is -2.50. The molecule has 102 valence electrons. The molecule has 18 heavy (non-hydrogen) atoms. The molecular formula is C14H25N3O.